The zero-order valence-electron chi connectivity index (χ0n) is 9.21. The van der Waals surface area contributed by atoms with E-state index in [0.29, 0.717) is 5.82 Å². The number of aromatic nitrogens is 2. The van der Waals surface area contributed by atoms with Crippen molar-refractivity contribution < 1.29 is 4.74 Å². The zero-order chi connectivity index (χ0) is 12.3. The van der Waals surface area contributed by atoms with E-state index < -0.39 is 0 Å². The lowest BCUT2D eigenvalue weighted by molar-refractivity contribution is 0.415. The first-order valence-corrected chi connectivity index (χ1v) is 4.91. The Labute approximate surface area is 98.5 Å². The van der Waals surface area contributed by atoms with Crippen molar-refractivity contribution >= 4 is 5.82 Å². The van der Waals surface area contributed by atoms with Crippen LogP contribution in [0.2, 0.25) is 0 Å². The van der Waals surface area contributed by atoms with Gasteiger partial charge in [0.05, 0.1) is 13.3 Å². The number of benzene rings is 1. The molecule has 0 aliphatic carbocycles. The van der Waals surface area contributed by atoms with Gasteiger partial charge in [-0.2, -0.15) is 5.26 Å². The fourth-order valence-electron chi connectivity index (χ4n) is 1.36. The number of rotatable bonds is 2. The molecule has 0 spiro atoms. The van der Waals surface area contributed by atoms with Gasteiger partial charge in [-0.05, 0) is 24.3 Å². The molecule has 0 fully saturated rings. The molecule has 1 aromatic heterocycles. The zero-order valence-corrected chi connectivity index (χ0v) is 9.21. The topological polar surface area (TPSA) is 84.8 Å². The van der Waals surface area contributed by atoms with E-state index in [1.54, 1.807) is 7.11 Å². The summed E-state index contributed by atoms with van der Waals surface area (Å²) in [6.07, 6.45) is 1.42. The lowest BCUT2D eigenvalue weighted by atomic mass is 10.2. The SMILES string of the molecule is COc1ccc(-c2ncc(C#N)c(N)n2)cc1. The number of anilines is 1. The molecule has 0 bridgehead atoms. The van der Waals surface area contributed by atoms with Crippen molar-refractivity contribution in [3.8, 4) is 23.2 Å². The van der Waals surface area contributed by atoms with Crippen LogP contribution < -0.4 is 10.5 Å². The summed E-state index contributed by atoms with van der Waals surface area (Å²) in [5.74, 6) is 1.44. The number of nitrogens with zero attached hydrogens (tertiary/aromatic N) is 3. The minimum absolute atomic E-state index is 0.188. The molecule has 1 aromatic carbocycles. The van der Waals surface area contributed by atoms with Crippen molar-refractivity contribution in [2.75, 3.05) is 12.8 Å². The molecule has 5 nitrogen and oxygen atoms in total. The van der Waals surface area contributed by atoms with Crippen molar-refractivity contribution in [1.29, 1.82) is 5.26 Å². The van der Waals surface area contributed by atoms with Gasteiger partial charge in [-0.1, -0.05) is 0 Å². The Balaban J connectivity index is 2.40. The van der Waals surface area contributed by atoms with Gasteiger partial charge in [0.25, 0.3) is 0 Å². The number of nitrogen functional groups attached to an aromatic ring is 1. The summed E-state index contributed by atoms with van der Waals surface area (Å²) in [5.41, 5.74) is 6.73. The summed E-state index contributed by atoms with van der Waals surface area (Å²) in [7, 11) is 1.60. The molecular formula is C12H10N4O. The predicted molar refractivity (Wildman–Crippen MR) is 63.1 cm³/mol. The van der Waals surface area contributed by atoms with Crippen LogP contribution in [0.4, 0.5) is 5.82 Å². The second-order valence-electron chi connectivity index (χ2n) is 3.33. The quantitative estimate of drug-likeness (QED) is 0.840. The molecule has 0 saturated carbocycles. The maximum absolute atomic E-state index is 8.72. The molecular weight excluding hydrogens is 216 g/mol. The van der Waals surface area contributed by atoms with E-state index in [1.807, 2.05) is 30.3 Å². The van der Waals surface area contributed by atoms with Crippen LogP contribution in [-0.2, 0) is 0 Å². The average molecular weight is 226 g/mol. The van der Waals surface area contributed by atoms with Crippen LogP contribution in [0.5, 0.6) is 5.75 Å². The number of hydrogen-bond acceptors (Lipinski definition) is 5. The first-order valence-electron chi connectivity index (χ1n) is 4.91. The van der Waals surface area contributed by atoms with Crippen molar-refractivity contribution in [3.63, 3.8) is 0 Å². The molecule has 2 rings (SSSR count). The Kier molecular flexibility index (Phi) is 2.88. The van der Waals surface area contributed by atoms with Gasteiger partial charge in [0.1, 0.15) is 23.2 Å². The van der Waals surface area contributed by atoms with E-state index >= 15 is 0 Å². The molecule has 0 unspecified atom stereocenters. The number of ether oxygens (including phenoxy) is 1. The van der Waals surface area contributed by atoms with Crippen LogP contribution >= 0.6 is 0 Å². The first kappa shape index (κ1) is 10.9. The summed E-state index contributed by atoms with van der Waals surface area (Å²) in [6.45, 7) is 0. The van der Waals surface area contributed by atoms with Crippen LogP contribution in [0.15, 0.2) is 30.5 Å². The molecule has 0 saturated heterocycles. The maximum Gasteiger partial charge on any atom is 0.161 e. The Morgan fingerprint density at radius 1 is 1.29 bits per heavy atom. The molecule has 17 heavy (non-hydrogen) atoms. The highest BCUT2D eigenvalue weighted by molar-refractivity contribution is 5.60. The van der Waals surface area contributed by atoms with Gasteiger partial charge in [0, 0.05) is 5.56 Å². The van der Waals surface area contributed by atoms with Gasteiger partial charge in [0.2, 0.25) is 0 Å². The van der Waals surface area contributed by atoms with Crippen LogP contribution in [0.3, 0.4) is 0 Å². The van der Waals surface area contributed by atoms with Gasteiger partial charge in [0.15, 0.2) is 5.82 Å². The van der Waals surface area contributed by atoms with Gasteiger partial charge < -0.3 is 10.5 Å². The van der Waals surface area contributed by atoms with Crippen LogP contribution in [0, 0.1) is 11.3 Å². The summed E-state index contributed by atoms with van der Waals surface area (Å²) in [4.78, 5) is 8.15. The van der Waals surface area contributed by atoms with Crippen molar-refractivity contribution in [3.05, 3.63) is 36.0 Å². The molecule has 2 aromatic rings. The summed E-state index contributed by atoms with van der Waals surface area (Å²) >= 11 is 0. The van der Waals surface area contributed by atoms with Gasteiger partial charge in [-0.15, -0.1) is 0 Å². The highest BCUT2D eigenvalue weighted by Crippen LogP contribution is 2.20. The third kappa shape index (κ3) is 2.16. The smallest absolute Gasteiger partial charge is 0.161 e. The lowest BCUT2D eigenvalue weighted by Crippen LogP contribution is -1.98. The molecule has 0 aliphatic rings. The van der Waals surface area contributed by atoms with E-state index in [0.717, 1.165) is 11.3 Å². The van der Waals surface area contributed by atoms with Crippen molar-refractivity contribution in [2.24, 2.45) is 0 Å². The summed E-state index contributed by atoms with van der Waals surface area (Å²) < 4.78 is 5.06. The highest BCUT2D eigenvalue weighted by atomic mass is 16.5. The van der Waals surface area contributed by atoms with Gasteiger partial charge in [-0.25, -0.2) is 9.97 Å². The standard InChI is InChI=1S/C12H10N4O/c1-17-10-4-2-8(3-5-10)12-15-7-9(6-13)11(14)16-12/h2-5,7H,1H3,(H2,14,15,16). The number of nitriles is 1. The first-order chi connectivity index (χ1) is 8.24. The lowest BCUT2D eigenvalue weighted by Gasteiger charge is -2.03. The van der Waals surface area contributed by atoms with E-state index in [4.69, 9.17) is 15.7 Å². The molecule has 2 N–H and O–H groups in total. The largest absolute Gasteiger partial charge is 0.497 e. The van der Waals surface area contributed by atoms with E-state index in [2.05, 4.69) is 9.97 Å². The Bertz CT molecular complexity index is 572. The second kappa shape index (κ2) is 4.49. The van der Waals surface area contributed by atoms with Gasteiger partial charge in [-0.3, -0.25) is 0 Å². The van der Waals surface area contributed by atoms with Crippen LogP contribution in [0.25, 0.3) is 11.4 Å². The molecule has 84 valence electrons. The van der Waals surface area contributed by atoms with Gasteiger partial charge >= 0.3 is 0 Å². The number of methoxy groups -OCH3 is 1. The minimum Gasteiger partial charge on any atom is -0.497 e. The normalized spacial score (nSPS) is 9.65. The van der Waals surface area contributed by atoms with Crippen LogP contribution in [0.1, 0.15) is 5.56 Å². The monoisotopic (exact) mass is 226 g/mol. The molecule has 1 heterocycles. The molecule has 0 aliphatic heterocycles. The average Bonchev–Trinajstić information content (AvgIpc) is 2.39. The number of hydrogen-bond donors (Lipinski definition) is 1. The van der Waals surface area contributed by atoms with E-state index in [9.17, 15) is 0 Å². The maximum atomic E-state index is 8.72. The van der Waals surface area contributed by atoms with Crippen molar-refractivity contribution in [2.45, 2.75) is 0 Å². The molecule has 5 heteroatoms. The fraction of sp³-hybridized carbons (Fsp3) is 0.0833. The summed E-state index contributed by atoms with van der Waals surface area (Å²) in [5, 5.41) is 8.72. The minimum atomic E-state index is 0.188. The highest BCUT2D eigenvalue weighted by Gasteiger charge is 2.05. The third-order valence-corrected chi connectivity index (χ3v) is 2.29. The Morgan fingerprint density at radius 2 is 2.00 bits per heavy atom. The van der Waals surface area contributed by atoms with Crippen molar-refractivity contribution in [1.82, 2.24) is 9.97 Å². The third-order valence-electron chi connectivity index (χ3n) is 2.29. The number of nitrogens with two attached hydrogens (primary N) is 1. The molecule has 0 atom stereocenters. The Hall–Kier alpha value is -2.61. The second-order valence-corrected chi connectivity index (χ2v) is 3.33. The molecule has 0 amide bonds. The summed E-state index contributed by atoms with van der Waals surface area (Å²) in [6, 6.07) is 9.21. The molecule has 0 radical (unpaired) electrons. The van der Waals surface area contributed by atoms with E-state index in [-0.39, 0.29) is 11.4 Å². The van der Waals surface area contributed by atoms with Crippen LogP contribution in [-0.4, -0.2) is 17.1 Å². The predicted octanol–water partition coefficient (Wildman–Crippen LogP) is 1.61. The van der Waals surface area contributed by atoms with E-state index in [1.165, 1.54) is 6.20 Å². The Morgan fingerprint density at radius 3 is 2.53 bits per heavy atom. The fourth-order valence-corrected chi connectivity index (χ4v) is 1.36.